The molecule has 0 saturated heterocycles. The van der Waals surface area contributed by atoms with E-state index in [9.17, 15) is 4.79 Å². The van der Waals surface area contributed by atoms with Crippen molar-refractivity contribution in [3.63, 3.8) is 0 Å². The van der Waals surface area contributed by atoms with Gasteiger partial charge in [-0.05, 0) is 13.0 Å². The summed E-state index contributed by atoms with van der Waals surface area (Å²) in [6.45, 7) is 2.15. The van der Waals surface area contributed by atoms with E-state index < -0.39 is 0 Å². The van der Waals surface area contributed by atoms with Gasteiger partial charge in [-0.2, -0.15) is 0 Å². The van der Waals surface area contributed by atoms with Crippen LogP contribution in [0.25, 0.3) is 0 Å². The molecule has 0 unspecified atom stereocenters. The highest BCUT2D eigenvalue weighted by atomic mass is 35.5. The highest BCUT2D eigenvalue weighted by Crippen LogP contribution is 2.14. The Morgan fingerprint density at radius 2 is 2.46 bits per heavy atom. The average Bonchev–Trinajstić information content (AvgIpc) is 2.09. The number of hydrogen-bond donors (Lipinski definition) is 0. The third-order valence-electron chi connectivity index (χ3n) is 1.48. The monoisotopic (exact) mass is 199 g/mol. The standard InChI is InChI=1S/C9H10ClNO2/c1-2-13-9(12)5-7-6-11-4-3-8(7)10/h3-4,6H,2,5H2,1H3. The van der Waals surface area contributed by atoms with Gasteiger partial charge in [-0.15, -0.1) is 0 Å². The molecule has 0 N–H and O–H groups in total. The summed E-state index contributed by atoms with van der Waals surface area (Å²) >= 11 is 5.82. The van der Waals surface area contributed by atoms with Gasteiger partial charge in [0, 0.05) is 23.0 Å². The fraction of sp³-hybridized carbons (Fsp3) is 0.333. The van der Waals surface area contributed by atoms with E-state index in [2.05, 4.69) is 4.98 Å². The topological polar surface area (TPSA) is 39.2 Å². The molecule has 1 aromatic heterocycles. The van der Waals surface area contributed by atoms with Crippen LogP contribution in [0.4, 0.5) is 0 Å². The average molecular weight is 200 g/mol. The quantitative estimate of drug-likeness (QED) is 0.698. The summed E-state index contributed by atoms with van der Waals surface area (Å²) in [7, 11) is 0. The molecule has 0 saturated carbocycles. The zero-order chi connectivity index (χ0) is 9.68. The SMILES string of the molecule is CCOC(=O)Cc1cnccc1Cl. The molecule has 0 spiro atoms. The van der Waals surface area contributed by atoms with Gasteiger partial charge in [-0.1, -0.05) is 11.6 Å². The van der Waals surface area contributed by atoms with Crippen LogP contribution in [0.3, 0.4) is 0 Å². The summed E-state index contributed by atoms with van der Waals surface area (Å²) in [4.78, 5) is 14.9. The van der Waals surface area contributed by atoms with E-state index in [0.717, 1.165) is 0 Å². The molecule has 0 aliphatic rings. The maximum absolute atomic E-state index is 11.1. The molecule has 0 bridgehead atoms. The van der Waals surface area contributed by atoms with Gasteiger partial charge in [0.05, 0.1) is 13.0 Å². The number of ether oxygens (including phenoxy) is 1. The molecule has 1 rings (SSSR count). The van der Waals surface area contributed by atoms with Crippen molar-refractivity contribution in [2.45, 2.75) is 13.3 Å². The zero-order valence-electron chi connectivity index (χ0n) is 7.29. The van der Waals surface area contributed by atoms with E-state index in [4.69, 9.17) is 16.3 Å². The molecule has 0 fully saturated rings. The van der Waals surface area contributed by atoms with Gasteiger partial charge in [-0.3, -0.25) is 9.78 Å². The molecule has 4 heteroatoms. The second kappa shape index (κ2) is 4.82. The molecule has 1 heterocycles. The molecule has 13 heavy (non-hydrogen) atoms. The summed E-state index contributed by atoms with van der Waals surface area (Å²) in [5.41, 5.74) is 0.697. The molecule has 0 aliphatic carbocycles. The molecule has 3 nitrogen and oxygen atoms in total. The summed E-state index contributed by atoms with van der Waals surface area (Å²) in [6.07, 6.45) is 3.33. The van der Waals surface area contributed by atoms with E-state index >= 15 is 0 Å². The molecule has 0 radical (unpaired) electrons. The lowest BCUT2D eigenvalue weighted by atomic mass is 10.2. The largest absolute Gasteiger partial charge is 0.466 e. The van der Waals surface area contributed by atoms with Crippen LogP contribution in [-0.4, -0.2) is 17.6 Å². The Kier molecular flexibility index (Phi) is 3.71. The number of esters is 1. The minimum Gasteiger partial charge on any atom is -0.466 e. The molecule has 0 amide bonds. The maximum Gasteiger partial charge on any atom is 0.310 e. The summed E-state index contributed by atoms with van der Waals surface area (Å²) in [5.74, 6) is -0.280. The van der Waals surface area contributed by atoms with Crippen molar-refractivity contribution in [1.82, 2.24) is 4.98 Å². The van der Waals surface area contributed by atoms with Gasteiger partial charge in [-0.25, -0.2) is 0 Å². The van der Waals surface area contributed by atoms with Crippen LogP contribution in [0.2, 0.25) is 5.02 Å². The van der Waals surface area contributed by atoms with Crippen molar-refractivity contribution < 1.29 is 9.53 Å². The highest BCUT2D eigenvalue weighted by molar-refractivity contribution is 6.31. The van der Waals surface area contributed by atoms with E-state index in [1.54, 1.807) is 25.4 Å². The van der Waals surface area contributed by atoms with Crippen molar-refractivity contribution in [3.05, 3.63) is 29.0 Å². The second-order valence-corrected chi connectivity index (χ2v) is 2.86. The van der Waals surface area contributed by atoms with E-state index in [-0.39, 0.29) is 12.4 Å². The highest BCUT2D eigenvalue weighted by Gasteiger charge is 2.06. The van der Waals surface area contributed by atoms with Crippen LogP contribution >= 0.6 is 11.6 Å². The lowest BCUT2D eigenvalue weighted by Crippen LogP contribution is -2.07. The Morgan fingerprint density at radius 1 is 1.69 bits per heavy atom. The molecule has 0 atom stereocenters. The minimum absolute atomic E-state index is 0.181. The van der Waals surface area contributed by atoms with Crippen LogP contribution in [0.1, 0.15) is 12.5 Å². The Balaban J connectivity index is 2.63. The van der Waals surface area contributed by atoms with Crippen molar-refractivity contribution in [1.29, 1.82) is 0 Å². The van der Waals surface area contributed by atoms with Crippen molar-refractivity contribution in [2.24, 2.45) is 0 Å². The fourth-order valence-corrected chi connectivity index (χ4v) is 1.08. The third kappa shape index (κ3) is 3.03. The van der Waals surface area contributed by atoms with Gasteiger partial charge in [0.25, 0.3) is 0 Å². The summed E-state index contributed by atoms with van der Waals surface area (Å²) in [6, 6.07) is 1.65. The minimum atomic E-state index is -0.280. The molecular formula is C9H10ClNO2. The van der Waals surface area contributed by atoms with E-state index in [1.807, 2.05) is 0 Å². The van der Waals surface area contributed by atoms with Gasteiger partial charge < -0.3 is 4.74 Å². The molecule has 0 aliphatic heterocycles. The van der Waals surface area contributed by atoms with Crippen LogP contribution in [-0.2, 0) is 16.0 Å². The van der Waals surface area contributed by atoms with Gasteiger partial charge >= 0.3 is 5.97 Å². The smallest absolute Gasteiger partial charge is 0.310 e. The van der Waals surface area contributed by atoms with Crippen molar-refractivity contribution >= 4 is 17.6 Å². The van der Waals surface area contributed by atoms with Crippen LogP contribution in [0, 0.1) is 0 Å². The molecule has 70 valence electrons. The lowest BCUT2D eigenvalue weighted by Gasteiger charge is -2.02. The van der Waals surface area contributed by atoms with Crippen molar-refractivity contribution in [3.8, 4) is 0 Å². The first kappa shape index (κ1) is 9.99. The zero-order valence-corrected chi connectivity index (χ0v) is 8.04. The van der Waals surface area contributed by atoms with Crippen LogP contribution in [0.5, 0.6) is 0 Å². The van der Waals surface area contributed by atoms with Gasteiger partial charge in [0.2, 0.25) is 0 Å². The Hall–Kier alpha value is -1.09. The first-order valence-electron chi connectivity index (χ1n) is 3.98. The molecule has 1 aromatic rings. The summed E-state index contributed by atoms with van der Waals surface area (Å²) < 4.78 is 4.78. The Bertz CT molecular complexity index is 301. The number of aromatic nitrogens is 1. The van der Waals surface area contributed by atoms with Gasteiger partial charge in [0.1, 0.15) is 0 Å². The number of nitrogens with zero attached hydrogens (tertiary/aromatic N) is 1. The number of hydrogen-bond acceptors (Lipinski definition) is 3. The normalized spacial score (nSPS) is 9.69. The fourth-order valence-electron chi connectivity index (χ4n) is 0.908. The lowest BCUT2D eigenvalue weighted by molar-refractivity contribution is -0.142. The predicted octanol–water partition coefficient (Wildman–Crippen LogP) is 1.84. The number of rotatable bonds is 3. The number of halogens is 1. The molecular weight excluding hydrogens is 190 g/mol. The second-order valence-electron chi connectivity index (χ2n) is 2.45. The number of carbonyl (C=O) groups excluding carboxylic acids is 1. The van der Waals surface area contributed by atoms with Crippen molar-refractivity contribution in [2.75, 3.05) is 6.61 Å². The first-order chi connectivity index (χ1) is 6.24. The summed E-state index contributed by atoms with van der Waals surface area (Å²) in [5, 5.41) is 0.544. The Labute approximate surface area is 81.7 Å². The van der Waals surface area contributed by atoms with Gasteiger partial charge in [0.15, 0.2) is 0 Å². The maximum atomic E-state index is 11.1. The molecule has 0 aromatic carbocycles. The number of pyridine rings is 1. The predicted molar refractivity (Wildman–Crippen MR) is 49.6 cm³/mol. The van der Waals surface area contributed by atoms with E-state index in [1.165, 1.54) is 0 Å². The Morgan fingerprint density at radius 3 is 3.08 bits per heavy atom. The number of carbonyl (C=O) groups is 1. The van der Waals surface area contributed by atoms with Crippen LogP contribution < -0.4 is 0 Å². The third-order valence-corrected chi connectivity index (χ3v) is 1.85. The van der Waals surface area contributed by atoms with E-state index in [0.29, 0.717) is 17.2 Å². The van der Waals surface area contributed by atoms with Crippen LogP contribution in [0.15, 0.2) is 18.5 Å². The first-order valence-corrected chi connectivity index (χ1v) is 4.36.